The van der Waals surface area contributed by atoms with Crippen LogP contribution in [-0.4, -0.2) is 54.6 Å². The van der Waals surface area contributed by atoms with Crippen LogP contribution in [0.15, 0.2) is 0 Å². The van der Waals surface area contributed by atoms with Gasteiger partial charge >= 0.3 is 0 Å². The number of aliphatic hydroxyl groups excluding tert-OH is 1. The van der Waals surface area contributed by atoms with Crippen molar-refractivity contribution in [2.24, 2.45) is 0 Å². The van der Waals surface area contributed by atoms with Crippen molar-refractivity contribution < 1.29 is 13.5 Å². The molecular formula is C7H14N2O3S3. The fourth-order valence-electron chi connectivity index (χ4n) is 1.45. The zero-order valence-corrected chi connectivity index (χ0v) is 10.5. The lowest BCUT2D eigenvalue weighted by atomic mass is 10.2. The van der Waals surface area contributed by atoms with Gasteiger partial charge in [-0.3, -0.25) is 0 Å². The van der Waals surface area contributed by atoms with E-state index in [2.05, 4.69) is 35.5 Å². The van der Waals surface area contributed by atoms with E-state index in [1.807, 2.05) is 0 Å². The molecule has 3 N–H and O–H groups in total. The van der Waals surface area contributed by atoms with Crippen LogP contribution in [-0.2, 0) is 9.84 Å². The molecule has 0 saturated carbocycles. The molecule has 0 spiro atoms. The van der Waals surface area contributed by atoms with E-state index in [1.165, 1.54) is 0 Å². The van der Waals surface area contributed by atoms with Gasteiger partial charge in [0.05, 0.1) is 17.6 Å². The van der Waals surface area contributed by atoms with E-state index in [4.69, 9.17) is 0 Å². The van der Waals surface area contributed by atoms with E-state index in [0.29, 0.717) is 17.4 Å². The molecule has 0 aromatic rings. The highest BCUT2D eigenvalue weighted by Crippen LogP contribution is 2.11. The van der Waals surface area contributed by atoms with Crippen molar-refractivity contribution in [3.8, 4) is 0 Å². The first-order valence-electron chi connectivity index (χ1n) is 4.49. The van der Waals surface area contributed by atoms with E-state index in [-0.39, 0.29) is 17.5 Å². The topological polar surface area (TPSA) is 78.4 Å². The van der Waals surface area contributed by atoms with Crippen LogP contribution < -0.4 is 10.6 Å². The lowest BCUT2D eigenvalue weighted by Gasteiger charge is -2.14. The molecule has 0 unspecified atom stereocenters. The van der Waals surface area contributed by atoms with Gasteiger partial charge in [0, 0.05) is 19.1 Å². The van der Waals surface area contributed by atoms with E-state index in [9.17, 15) is 13.5 Å². The highest BCUT2D eigenvalue weighted by atomic mass is 32.2. The Balaban J connectivity index is 2.25. The van der Waals surface area contributed by atoms with Gasteiger partial charge in [-0.2, -0.15) is 0 Å². The van der Waals surface area contributed by atoms with Crippen LogP contribution in [0.4, 0.5) is 0 Å². The van der Waals surface area contributed by atoms with Crippen molar-refractivity contribution in [1.82, 2.24) is 10.6 Å². The molecule has 0 amide bonds. The summed E-state index contributed by atoms with van der Waals surface area (Å²) in [6.45, 7) is 1.10. The van der Waals surface area contributed by atoms with Crippen molar-refractivity contribution in [1.29, 1.82) is 0 Å². The van der Waals surface area contributed by atoms with E-state index >= 15 is 0 Å². The average Bonchev–Trinajstić information content (AvgIpc) is 2.33. The molecule has 0 aromatic heterocycles. The molecule has 1 fully saturated rings. The number of thiol groups is 1. The minimum atomic E-state index is -3.07. The van der Waals surface area contributed by atoms with Gasteiger partial charge in [-0.25, -0.2) is 8.42 Å². The lowest BCUT2D eigenvalue weighted by molar-refractivity contribution is 0.166. The van der Waals surface area contributed by atoms with Crippen LogP contribution >= 0.6 is 24.8 Å². The Kier molecular flexibility index (Phi) is 4.78. The fraction of sp³-hybridized carbons (Fsp3) is 0.857. The Hall–Kier alpha value is 0.110. The summed E-state index contributed by atoms with van der Waals surface area (Å²) in [6, 6.07) is -0.370. The number of sulfone groups is 1. The molecule has 5 nitrogen and oxygen atoms in total. The Morgan fingerprint density at radius 2 is 2.13 bits per heavy atom. The SMILES string of the molecule is O=S1(=O)C[C@H](NCCNC(=S)S)[C@@H](O)C1. The van der Waals surface area contributed by atoms with Crippen LogP contribution in [0.3, 0.4) is 0 Å². The maximum Gasteiger partial charge on any atom is 0.154 e. The standard InChI is InChI=1S/C7H14N2O3S3/c10-6-4-15(11,12)3-5(6)8-1-2-9-7(13)14/h5-6,8,10H,1-4H2,(H2,9,13,14)/t5-,6-/m0/s1. The molecule has 88 valence electrons. The average molecular weight is 270 g/mol. The third kappa shape index (κ3) is 4.64. The van der Waals surface area contributed by atoms with Crippen molar-refractivity contribution >= 4 is 39.0 Å². The van der Waals surface area contributed by atoms with E-state index < -0.39 is 15.9 Å². The van der Waals surface area contributed by atoms with Gasteiger partial charge in [0.25, 0.3) is 0 Å². The predicted octanol–water partition coefficient (Wildman–Crippen LogP) is -1.46. The lowest BCUT2D eigenvalue weighted by Crippen LogP contribution is -2.42. The summed E-state index contributed by atoms with van der Waals surface area (Å²) in [4.78, 5) is 0. The van der Waals surface area contributed by atoms with Gasteiger partial charge in [-0.1, -0.05) is 12.2 Å². The number of aliphatic hydroxyl groups is 1. The molecular weight excluding hydrogens is 256 g/mol. The van der Waals surface area contributed by atoms with Crippen LogP contribution in [0.1, 0.15) is 0 Å². The zero-order chi connectivity index (χ0) is 11.5. The first-order valence-corrected chi connectivity index (χ1v) is 7.17. The molecule has 1 rings (SSSR count). The number of nitrogens with one attached hydrogen (secondary N) is 2. The molecule has 0 radical (unpaired) electrons. The highest BCUT2D eigenvalue weighted by Gasteiger charge is 2.35. The first-order chi connectivity index (χ1) is 6.91. The second-order valence-electron chi connectivity index (χ2n) is 3.44. The van der Waals surface area contributed by atoms with Crippen LogP contribution in [0, 0.1) is 0 Å². The minimum Gasteiger partial charge on any atom is -0.390 e. The van der Waals surface area contributed by atoms with Crippen LogP contribution in [0.25, 0.3) is 0 Å². The van der Waals surface area contributed by atoms with E-state index in [1.54, 1.807) is 0 Å². The molecule has 2 atom stereocenters. The Morgan fingerprint density at radius 3 is 2.60 bits per heavy atom. The summed E-state index contributed by atoms with van der Waals surface area (Å²) in [5.74, 6) is -0.150. The number of thiocarbonyl (C=S) groups is 1. The van der Waals surface area contributed by atoms with Gasteiger partial charge < -0.3 is 15.7 Å². The summed E-state index contributed by atoms with van der Waals surface area (Å²) >= 11 is 8.56. The normalized spacial score (nSPS) is 28.9. The highest BCUT2D eigenvalue weighted by molar-refractivity contribution is 8.11. The molecule has 1 saturated heterocycles. The van der Waals surface area contributed by atoms with Crippen LogP contribution in [0.5, 0.6) is 0 Å². The second kappa shape index (κ2) is 5.44. The quantitative estimate of drug-likeness (QED) is 0.284. The molecule has 15 heavy (non-hydrogen) atoms. The van der Waals surface area contributed by atoms with Gasteiger partial charge in [0.2, 0.25) is 0 Å². The van der Waals surface area contributed by atoms with Crippen LogP contribution in [0.2, 0.25) is 0 Å². The predicted molar refractivity (Wildman–Crippen MR) is 66.0 cm³/mol. The summed E-state index contributed by atoms with van der Waals surface area (Å²) in [6.07, 6.45) is -0.807. The second-order valence-corrected chi connectivity index (χ2v) is 6.75. The molecule has 0 bridgehead atoms. The molecule has 1 heterocycles. The van der Waals surface area contributed by atoms with Gasteiger partial charge in [-0.05, 0) is 0 Å². The summed E-state index contributed by atoms with van der Waals surface area (Å²) < 4.78 is 22.7. The Bertz CT molecular complexity index is 330. The third-order valence-electron chi connectivity index (χ3n) is 2.13. The summed E-state index contributed by atoms with van der Waals surface area (Å²) in [5.41, 5.74) is 0. The maximum atomic E-state index is 11.1. The third-order valence-corrected chi connectivity index (χ3v) is 4.15. The van der Waals surface area contributed by atoms with E-state index in [0.717, 1.165) is 0 Å². The van der Waals surface area contributed by atoms with Crippen molar-refractivity contribution in [2.45, 2.75) is 12.1 Å². The smallest absolute Gasteiger partial charge is 0.154 e. The molecule has 8 heteroatoms. The largest absolute Gasteiger partial charge is 0.390 e. The van der Waals surface area contributed by atoms with Gasteiger partial charge in [0.1, 0.15) is 4.32 Å². The van der Waals surface area contributed by atoms with Crippen molar-refractivity contribution in [2.75, 3.05) is 24.6 Å². The number of hydrogen-bond acceptors (Lipinski definition) is 5. The minimum absolute atomic E-state index is 0.000508. The number of rotatable bonds is 4. The Morgan fingerprint density at radius 1 is 1.47 bits per heavy atom. The number of hydrogen-bond donors (Lipinski definition) is 4. The monoisotopic (exact) mass is 270 g/mol. The molecule has 1 aliphatic heterocycles. The van der Waals surface area contributed by atoms with Crippen molar-refractivity contribution in [3.05, 3.63) is 0 Å². The molecule has 0 aromatic carbocycles. The maximum absolute atomic E-state index is 11.1. The molecule has 0 aliphatic carbocycles. The molecule has 1 aliphatic rings. The Labute approximate surface area is 100.0 Å². The first kappa shape index (κ1) is 13.2. The fourth-order valence-corrected chi connectivity index (χ4v) is 3.44. The van der Waals surface area contributed by atoms with Gasteiger partial charge in [0.15, 0.2) is 9.84 Å². The summed E-state index contributed by atoms with van der Waals surface area (Å²) in [5, 5.41) is 15.2. The van der Waals surface area contributed by atoms with Crippen molar-refractivity contribution in [3.63, 3.8) is 0 Å². The zero-order valence-electron chi connectivity index (χ0n) is 8.01. The van der Waals surface area contributed by atoms with Gasteiger partial charge in [-0.15, -0.1) is 12.6 Å². The summed E-state index contributed by atoms with van der Waals surface area (Å²) in [7, 11) is -3.07.